The van der Waals surface area contributed by atoms with Crippen molar-refractivity contribution in [2.24, 2.45) is 4.99 Å². The van der Waals surface area contributed by atoms with Crippen LogP contribution >= 0.6 is 0 Å². The first-order valence-electron chi connectivity index (χ1n) is 7.58. The molecule has 0 aliphatic heterocycles. The van der Waals surface area contributed by atoms with Gasteiger partial charge in [0.1, 0.15) is 5.82 Å². The highest BCUT2D eigenvalue weighted by Gasteiger charge is 2.05. The Morgan fingerprint density at radius 1 is 1.23 bits per heavy atom. The average molecular weight is 310 g/mol. The van der Waals surface area contributed by atoms with Crippen molar-refractivity contribution in [3.63, 3.8) is 0 Å². The zero-order valence-corrected chi connectivity index (χ0v) is 13.7. The standard InChI is InChI=1S/C16H27FN4O/c1-18-16(20-11-7-13-22-3)19-10-6-12-21(2)15-9-5-4-8-14(15)17/h4-5,8-9H,6-7,10-13H2,1-3H3,(H2,18,19,20). The number of nitrogens with one attached hydrogen (secondary N) is 2. The lowest BCUT2D eigenvalue weighted by molar-refractivity contribution is 0.195. The van der Waals surface area contributed by atoms with Gasteiger partial charge in [0.15, 0.2) is 5.96 Å². The minimum atomic E-state index is -0.187. The van der Waals surface area contributed by atoms with Gasteiger partial charge in [0, 0.05) is 47.4 Å². The second-order valence-electron chi connectivity index (χ2n) is 5.00. The van der Waals surface area contributed by atoms with Crippen LogP contribution in [0.1, 0.15) is 12.8 Å². The van der Waals surface area contributed by atoms with Crippen LogP contribution in [0.25, 0.3) is 0 Å². The molecule has 5 nitrogen and oxygen atoms in total. The molecule has 0 aromatic heterocycles. The molecule has 0 spiro atoms. The molecule has 0 radical (unpaired) electrons. The quantitative estimate of drug-likeness (QED) is 0.415. The molecule has 124 valence electrons. The van der Waals surface area contributed by atoms with E-state index in [4.69, 9.17) is 4.74 Å². The van der Waals surface area contributed by atoms with Crippen LogP contribution in [0.2, 0.25) is 0 Å². The van der Waals surface area contributed by atoms with E-state index in [9.17, 15) is 4.39 Å². The minimum absolute atomic E-state index is 0.187. The highest BCUT2D eigenvalue weighted by Crippen LogP contribution is 2.16. The van der Waals surface area contributed by atoms with Gasteiger partial charge < -0.3 is 20.3 Å². The van der Waals surface area contributed by atoms with Crippen molar-refractivity contribution < 1.29 is 9.13 Å². The average Bonchev–Trinajstić information content (AvgIpc) is 2.53. The summed E-state index contributed by atoms with van der Waals surface area (Å²) in [7, 11) is 5.34. The fraction of sp³-hybridized carbons (Fsp3) is 0.562. The normalized spacial score (nSPS) is 11.4. The van der Waals surface area contributed by atoms with Gasteiger partial charge in [0.2, 0.25) is 0 Å². The zero-order valence-electron chi connectivity index (χ0n) is 13.7. The fourth-order valence-corrected chi connectivity index (χ4v) is 2.05. The van der Waals surface area contributed by atoms with Gasteiger partial charge in [-0.3, -0.25) is 4.99 Å². The third-order valence-electron chi connectivity index (χ3n) is 3.27. The second kappa shape index (κ2) is 10.8. The minimum Gasteiger partial charge on any atom is -0.385 e. The first-order chi connectivity index (χ1) is 10.7. The van der Waals surface area contributed by atoms with Crippen LogP contribution in [0.3, 0.4) is 0 Å². The number of hydrogen-bond donors (Lipinski definition) is 2. The van der Waals surface area contributed by atoms with Gasteiger partial charge in [-0.05, 0) is 25.0 Å². The summed E-state index contributed by atoms with van der Waals surface area (Å²) >= 11 is 0. The highest BCUT2D eigenvalue weighted by molar-refractivity contribution is 5.79. The van der Waals surface area contributed by atoms with E-state index >= 15 is 0 Å². The number of benzene rings is 1. The Hall–Kier alpha value is -1.82. The lowest BCUT2D eigenvalue weighted by atomic mass is 10.2. The van der Waals surface area contributed by atoms with Crippen molar-refractivity contribution in [2.75, 3.05) is 52.3 Å². The lowest BCUT2D eigenvalue weighted by Crippen LogP contribution is -2.39. The third kappa shape index (κ3) is 6.76. The number of hydrogen-bond acceptors (Lipinski definition) is 3. The molecule has 0 bridgehead atoms. The van der Waals surface area contributed by atoms with Gasteiger partial charge in [-0.1, -0.05) is 12.1 Å². The number of aliphatic imine (C=N–C) groups is 1. The molecule has 0 saturated heterocycles. The summed E-state index contributed by atoms with van der Waals surface area (Å²) in [6.45, 7) is 3.11. The first-order valence-corrected chi connectivity index (χ1v) is 7.58. The summed E-state index contributed by atoms with van der Waals surface area (Å²) in [6, 6.07) is 6.82. The van der Waals surface area contributed by atoms with Crippen LogP contribution in [0, 0.1) is 5.82 Å². The van der Waals surface area contributed by atoms with Gasteiger partial charge in [0.05, 0.1) is 5.69 Å². The number of para-hydroxylation sites is 1. The van der Waals surface area contributed by atoms with Crippen LogP contribution in [-0.4, -0.2) is 53.4 Å². The fourth-order valence-electron chi connectivity index (χ4n) is 2.05. The summed E-state index contributed by atoms with van der Waals surface area (Å²) in [4.78, 5) is 6.08. The van der Waals surface area contributed by atoms with Crippen LogP contribution in [0.15, 0.2) is 29.3 Å². The number of guanidine groups is 1. The molecule has 1 aromatic rings. The molecular weight excluding hydrogens is 283 g/mol. The third-order valence-corrected chi connectivity index (χ3v) is 3.27. The van der Waals surface area contributed by atoms with Crippen molar-refractivity contribution in [1.29, 1.82) is 0 Å². The van der Waals surface area contributed by atoms with E-state index in [1.54, 1.807) is 26.3 Å². The Morgan fingerprint density at radius 2 is 1.91 bits per heavy atom. The number of nitrogens with zero attached hydrogens (tertiary/aromatic N) is 2. The number of halogens is 1. The molecule has 22 heavy (non-hydrogen) atoms. The summed E-state index contributed by atoms with van der Waals surface area (Å²) < 4.78 is 18.6. The summed E-state index contributed by atoms with van der Waals surface area (Å²) in [5.74, 6) is 0.596. The van der Waals surface area contributed by atoms with Gasteiger partial charge >= 0.3 is 0 Å². The van der Waals surface area contributed by atoms with Crippen LogP contribution in [0.4, 0.5) is 10.1 Å². The van der Waals surface area contributed by atoms with E-state index in [0.29, 0.717) is 5.69 Å². The van der Waals surface area contributed by atoms with Crippen molar-refractivity contribution in [1.82, 2.24) is 10.6 Å². The summed E-state index contributed by atoms with van der Waals surface area (Å²) in [5.41, 5.74) is 0.629. The monoisotopic (exact) mass is 310 g/mol. The number of rotatable bonds is 9. The first kappa shape index (κ1) is 18.2. The van der Waals surface area contributed by atoms with E-state index in [0.717, 1.165) is 45.0 Å². The van der Waals surface area contributed by atoms with E-state index in [-0.39, 0.29) is 5.82 Å². The van der Waals surface area contributed by atoms with Crippen molar-refractivity contribution in [3.05, 3.63) is 30.1 Å². The maximum atomic E-state index is 13.6. The Balaban J connectivity index is 2.22. The van der Waals surface area contributed by atoms with E-state index < -0.39 is 0 Å². The Labute approximate surface area is 132 Å². The maximum absolute atomic E-state index is 13.6. The predicted octanol–water partition coefficient (Wildman–Crippen LogP) is 1.85. The van der Waals surface area contributed by atoms with Crippen LogP contribution < -0.4 is 15.5 Å². The molecular formula is C16H27FN4O. The lowest BCUT2D eigenvalue weighted by Gasteiger charge is -2.20. The molecule has 0 fully saturated rings. The molecule has 0 aliphatic rings. The molecule has 0 atom stereocenters. The molecule has 6 heteroatoms. The van der Waals surface area contributed by atoms with Gasteiger partial charge in [-0.2, -0.15) is 0 Å². The second-order valence-corrected chi connectivity index (χ2v) is 5.00. The van der Waals surface area contributed by atoms with Gasteiger partial charge in [0.25, 0.3) is 0 Å². The van der Waals surface area contributed by atoms with E-state index in [1.165, 1.54) is 6.07 Å². The molecule has 1 rings (SSSR count). The van der Waals surface area contributed by atoms with Gasteiger partial charge in [-0.15, -0.1) is 0 Å². The Bertz CT molecular complexity index is 454. The molecule has 0 heterocycles. The Morgan fingerprint density at radius 3 is 2.55 bits per heavy atom. The highest BCUT2D eigenvalue weighted by atomic mass is 19.1. The maximum Gasteiger partial charge on any atom is 0.190 e. The largest absolute Gasteiger partial charge is 0.385 e. The molecule has 0 unspecified atom stereocenters. The predicted molar refractivity (Wildman–Crippen MR) is 90.1 cm³/mol. The van der Waals surface area contributed by atoms with Gasteiger partial charge in [-0.25, -0.2) is 4.39 Å². The van der Waals surface area contributed by atoms with E-state index in [2.05, 4.69) is 15.6 Å². The SMILES string of the molecule is CN=C(NCCCOC)NCCCN(C)c1ccccc1F. The van der Waals surface area contributed by atoms with Crippen molar-refractivity contribution >= 4 is 11.6 Å². The van der Waals surface area contributed by atoms with Crippen LogP contribution in [-0.2, 0) is 4.74 Å². The summed E-state index contributed by atoms with van der Waals surface area (Å²) in [6.07, 6.45) is 1.83. The topological polar surface area (TPSA) is 48.9 Å². The number of ether oxygens (including phenoxy) is 1. The smallest absolute Gasteiger partial charge is 0.190 e. The molecule has 0 aliphatic carbocycles. The number of anilines is 1. The van der Waals surface area contributed by atoms with Crippen molar-refractivity contribution in [3.8, 4) is 0 Å². The molecule has 1 aromatic carbocycles. The van der Waals surface area contributed by atoms with Crippen molar-refractivity contribution in [2.45, 2.75) is 12.8 Å². The van der Waals surface area contributed by atoms with Crippen LogP contribution in [0.5, 0.6) is 0 Å². The zero-order chi connectivity index (χ0) is 16.2. The molecule has 2 N–H and O–H groups in total. The Kier molecular flexibility index (Phi) is 8.98. The molecule has 0 saturated carbocycles. The number of methoxy groups -OCH3 is 1. The van der Waals surface area contributed by atoms with E-state index in [1.807, 2.05) is 18.0 Å². The molecule has 0 amide bonds. The summed E-state index contributed by atoms with van der Waals surface area (Å²) in [5, 5.41) is 6.46.